The van der Waals surface area contributed by atoms with E-state index in [0.29, 0.717) is 19.0 Å². The van der Waals surface area contributed by atoms with Gasteiger partial charge in [0.2, 0.25) is 0 Å². The molecule has 1 saturated heterocycles. The molecule has 1 heterocycles. The fourth-order valence-corrected chi connectivity index (χ4v) is 1.79. The molecule has 17 heavy (non-hydrogen) atoms. The second-order valence-corrected chi connectivity index (χ2v) is 3.99. The number of ether oxygens (including phenoxy) is 3. The first-order valence-electron chi connectivity index (χ1n) is 5.97. The molecule has 2 rings (SSSR count). The van der Waals surface area contributed by atoms with Gasteiger partial charge in [0.15, 0.2) is 17.8 Å². The average Bonchev–Trinajstić information content (AvgIpc) is 2.81. The Morgan fingerprint density at radius 1 is 1.41 bits per heavy atom. The fraction of sp³-hybridized carbons (Fsp3) is 0.538. The summed E-state index contributed by atoms with van der Waals surface area (Å²) >= 11 is 0. The quantitative estimate of drug-likeness (QED) is 0.876. The highest BCUT2D eigenvalue weighted by molar-refractivity contribution is 5.42. The van der Waals surface area contributed by atoms with Gasteiger partial charge in [-0.15, -0.1) is 0 Å². The van der Waals surface area contributed by atoms with E-state index in [1.54, 1.807) is 18.2 Å². The zero-order chi connectivity index (χ0) is 12.3. The van der Waals surface area contributed by atoms with Gasteiger partial charge in [-0.2, -0.15) is 0 Å². The van der Waals surface area contributed by atoms with Crippen molar-refractivity contribution in [3.8, 4) is 11.5 Å². The molecule has 0 aromatic heterocycles. The van der Waals surface area contributed by atoms with Crippen molar-refractivity contribution >= 4 is 0 Å². The van der Waals surface area contributed by atoms with E-state index < -0.39 is 0 Å². The lowest BCUT2D eigenvalue weighted by molar-refractivity contribution is -0.0605. The third-order valence-corrected chi connectivity index (χ3v) is 2.76. The largest absolute Gasteiger partial charge is 0.504 e. The van der Waals surface area contributed by atoms with Gasteiger partial charge in [-0.1, -0.05) is 13.0 Å². The molecule has 1 aliphatic heterocycles. The van der Waals surface area contributed by atoms with Crippen molar-refractivity contribution in [2.45, 2.75) is 32.7 Å². The van der Waals surface area contributed by atoms with Crippen LogP contribution in [0.1, 0.15) is 32.1 Å². The zero-order valence-corrected chi connectivity index (χ0v) is 10.2. The van der Waals surface area contributed by atoms with Crippen LogP contribution < -0.4 is 4.74 Å². The molecule has 1 N–H and O–H groups in total. The van der Waals surface area contributed by atoms with Gasteiger partial charge in [-0.25, -0.2) is 0 Å². The Hall–Kier alpha value is -1.26. The van der Waals surface area contributed by atoms with Gasteiger partial charge >= 0.3 is 0 Å². The molecule has 0 radical (unpaired) electrons. The summed E-state index contributed by atoms with van der Waals surface area (Å²) in [5.41, 5.74) is 0.877. The highest BCUT2D eigenvalue weighted by Crippen LogP contribution is 2.34. The van der Waals surface area contributed by atoms with E-state index in [1.807, 2.05) is 6.92 Å². The summed E-state index contributed by atoms with van der Waals surface area (Å²) < 4.78 is 16.6. The number of hydrogen-bond donors (Lipinski definition) is 1. The third-order valence-electron chi connectivity index (χ3n) is 2.76. The van der Waals surface area contributed by atoms with Gasteiger partial charge in [0.1, 0.15) is 0 Å². The molecular formula is C13H18O4. The second-order valence-electron chi connectivity index (χ2n) is 3.99. The van der Waals surface area contributed by atoms with Crippen LogP contribution >= 0.6 is 0 Å². The molecule has 94 valence electrons. The third kappa shape index (κ3) is 2.70. The SMILES string of the molecule is CCOc1cc([C@H]2OC[C@H](CC)O2)ccc1O. The molecule has 0 spiro atoms. The summed E-state index contributed by atoms with van der Waals surface area (Å²) in [5.74, 6) is 0.609. The van der Waals surface area contributed by atoms with Gasteiger partial charge in [0.05, 0.1) is 19.3 Å². The minimum atomic E-state index is -0.347. The minimum absolute atomic E-state index is 0.139. The summed E-state index contributed by atoms with van der Waals surface area (Å²) in [5, 5.41) is 9.60. The van der Waals surface area contributed by atoms with Crippen LogP contribution in [-0.4, -0.2) is 24.4 Å². The smallest absolute Gasteiger partial charge is 0.184 e. The first kappa shape index (κ1) is 12.2. The predicted octanol–water partition coefficient (Wildman–Crippen LogP) is 2.61. The van der Waals surface area contributed by atoms with Crippen molar-refractivity contribution in [3.05, 3.63) is 23.8 Å². The van der Waals surface area contributed by atoms with E-state index >= 15 is 0 Å². The van der Waals surface area contributed by atoms with Gasteiger partial charge in [0.25, 0.3) is 0 Å². The van der Waals surface area contributed by atoms with Crippen LogP contribution in [0, 0.1) is 0 Å². The lowest BCUT2D eigenvalue weighted by atomic mass is 10.2. The summed E-state index contributed by atoms with van der Waals surface area (Å²) in [4.78, 5) is 0. The molecule has 0 unspecified atom stereocenters. The van der Waals surface area contributed by atoms with E-state index in [1.165, 1.54) is 0 Å². The molecule has 4 heteroatoms. The topological polar surface area (TPSA) is 47.9 Å². The van der Waals surface area contributed by atoms with Crippen LogP contribution in [-0.2, 0) is 9.47 Å². The van der Waals surface area contributed by atoms with Crippen LogP contribution in [0.25, 0.3) is 0 Å². The maximum atomic E-state index is 9.60. The molecule has 1 fully saturated rings. The summed E-state index contributed by atoms with van der Waals surface area (Å²) in [6.07, 6.45) is 0.747. The van der Waals surface area contributed by atoms with Crippen molar-refractivity contribution in [1.29, 1.82) is 0 Å². The number of hydrogen-bond acceptors (Lipinski definition) is 4. The first-order valence-corrected chi connectivity index (χ1v) is 5.97. The van der Waals surface area contributed by atoms with Crippen molar-refractivity contribution in [2.75, 3.05) is 13.2 Å². The average molecular weight is 238 g/mol. The lowest BCUT2D eigenvalue weighted by Gasteiger charge is -2.13. The van der Waals surface area contributed by atoms with Gasteiger partial charge in [-0.05, 0) is 25.5 Å². The van der Waals surface area contributed by atoms with E-state index in [4.69, 9.17) is 14.2 Å². The molecule has 0 amide bonds. The van der Waals surface area contributed by atoms with Crippen molar-refractivity contribution < 1.29 is 19.3 Å². The highest BCUT2D eigenvalue weighted by atomic mass is 16.7. The van der Waals surface area contributed by atoms with E-state index in [-0.39, 0.29) is 18.1 Å². The maximum Gasteiger partial charge on any atom is 0.184 e. The number of phenolic OH excluding ortho intramolecular Hbond substituents is 1. The lowest BCUT2D eigenvalue weighted by Crippen LogP contribution is -2.07. The number of phenols is 1. The van der Waals surface area contributed by atoms with Crippen LogP contribution in [0.15, 0.2) is 18.2 Å². The van der Waals surface area contributed by atoms with E-state index in [9.17, 15) is 5.11 Å². The van der Waals surface area contributed by atoms with Crippen molar-refractivity contribution in [3.63, 3.8) is 0 Å². The molecule has 0 saturated carbocycles. The van der Waals surface area contributed by atoms with E-state index in [2.05, 4.69) is 6.92 Å². The Morgan fingerprint density at radius 2 is 2.24 bits per heavy atom. The van der Waals surface area contributed by atoms with Crippen molar-refractivity contribution in [2.24, 2.45) is 0 Å². The molecular weight excluding hydrogens is 220 g/mol. The monoisotopic (exact) mass is 238 g/mol. The Labute approximate surface area is 101 Å². The summed E-state index contributed by atoms with van der Waals surface area (Å²) in [6, 6.07) is 5.16. The molecule has 1 aromatic rings. The molecule has 4 nitrogen and oxygen atoms in total. The number of rotatable bonds is 4. The maximum absolute atomic E-state index is 9.60. The first-order chi connectivity index (χ1) is 8.24. The Kier molecular flexibility index (Phi) is 3.86. The zero-order valence-electron chi connectivity index (χ0n) is 10.2. The molecule has 1 aliphatic rings. The normalized spacial score (nSPS) is 23.9. The summed E-state index contributed by atoms with van der Waals surface area (Å²) in [6.45, 7) is 5.08. The van der Waals surface area contributed by atoms with Crippen molar-refractivity contribution in [1.82, 2.24) is 0 Å². The highest BCUT2D eigenvalue weighted by Gasteiger charge is 2.26. The Balaban J connectivity index is 2.13. The van der Waals surface area contributed by atoms with Gasteiger partial charge < -0.3 is 19.3 Å². The standard InChI is InChI=1S/C13H18O4/c1-3-10-8-16-13(17-10)9-5-6-11(14)12(7-9)15-4-2/h5-7,10,13-14H,3-4,8H2,1-2H3/t10-,13-/m0/s1. The molecule has 2 atom stereocenters. The fourth-order valence-electron chi connectivity index (χ4n) is 1.79. The second kappa shape index (κ2) is 5.38. The van der Waals surface area contributed by atoms with Crippen LogP contribution in [0.2, 0.25) is 0 Å². The Morgan fingerprint density at radius 3 is 2.88 bits per heavy atom. The van der Waals surface area contributed by atoms with Gasteiger partial charge in [0, 0.05) is 5.56 Å². The van der Waals surface area contributed by atoms with Crippen LogP contribution in [0.3, 0.4) is 0 Å². The number of benzene rings is 1. The molecule has 0 aliphatic carbocycles. The van der Waals surface area contributed by atoms with Crippen LogP contribution in [0.4, 0.5) is 0 Å². The van der Waals surface area contributed by atoms with Crippen LogP contribution in [0.5, 0.6) is 11.5 Å². The summed E-state index contributed by atoms with van der Waals surface area (Å²) in [7, 11) is 0. The molecule has 0 bridgehead atoms. The predicted molar refractivity (Wildman–Crippen MR) is 63.1 cm³/mol. The minimum Gasteiger partial charge on any atom is -0.504 e. The van der Waals surface area contributed by atoms with Gasteiger partial charge in [-0.3, -0.25) is 0 Å². The molecule has 1 aromatic carbocycles. The Bertz CT molecular complexity index is 378. The van der Waals surface area contributed by atoms with E-state index in [0.717, 1.165) is 12.0 Å². The number of aromatic hydroxyl groups is 1.